The molecule has 1 saturated heterocycles. The number of hydrogen-bond acceptors (Lipinski definition) is 3. The Balaban J connectivity index is 2.18. The Labute approximate surface area is 117 Å². The van der Waals surface area contributed by atoms with Crippen molar-refractivity contribution in [3.8, 4) is 0 Å². The minimum Gasteiger partial charge on any atom is -0.382 e. The molecular formula is C13H27N3OS. The molecule has 0 aromatic rings. The number of hydrogen-bond donors (Lipinski definition) is 1. The third-order valence-corrected chi connectivity index (χ3v) is 3.81. The summed E-state index contributed by atoms with van der Waals surface area (Å²) in [6.45, 7) is 13.3. The lowest BCUT2D eigenvalue weighted by molar-refractivity contribution is 0.128. The van der Waals surface area contributed by atoms with Crippen LogP contribution in [0.25, 0.3) is 0 Å². The van der Waals surface area contributed by atoms with Crippen molar-refractivity contribution in [2.75, 3.05) is 45.9 Å². The van der Waals surface area contributed by atoms with Crippen molar-refractivity contribution in [2.24, 2.45) is 0 Å². The minimum atomic E-state index is 0.590. The van der Waals surface area contributed by atoms with Gasteiger partial charge in [-0.1, -0.05) is 6.92 Å². The third kappa shape index (κ3) is 5.08. The number of likely N-dealkylation sites (N-methyl/N-ethyl adjacent to an activating group) is 1. The first-order valence-electron chi connectivity index (χ1n) is 7.03. The molecule has 1 rings (SSSR count). The summed E-state index contributed by atoms with van der Waals surface area (Å²) in [5.74, 6) is 0. The molecule has 1 fully saturated rings. The molecule has 5 heteroatoms. The largest absolute Gasteiger partial charge is 0.382 e. The van der Waals surface area contributed by atoms with Crippen LogP contribution in [0.2, 0.25) is 0 Å². The van der Waals surface area contributed by atoms with Crippen LogP contribution in [-0.2, 0) is 4.74 Å². The SMILES string of the molecule is CCOCCCNC(=S)N1CCN(CC)C(C)C1. The van der Waals surface area contributed by atoms with E-state index < -0.39 is 0 Å². The molecule has 1 atom stereocenters. The van der Waals surface area contributed by atoms with E-state index in [-0.39, 0.29) is 0 Å². The molecule has 1 unspecified atom stereocenters. The van der Waals surface area contributed by atoms with Crippen LogP contribution >= 0.6 is 12.2 Å². The van der Waals surface area contributed by atoms with E-state index in [9.17, 15) is 0 Å². The van der Waals surface area contributed by atoms with Crippen molar-refractivity contribution >= 4 is 17.3 Å². The lowest BCUT2D eigenvalue weighted by Crippen LogP contribution is -2.55. The summed E-state index contributed by atoms with van der Waals surface area (Å²) >= 11 is 5.44. The maximum atomic E-state index is 5.44. The third-order valence-electron chi connectivity index (χ3n) is 3.40. The Morgan fingerprint density at radius 1 is 1.39 bits per heavy atom. The summed E-state index contributed by atoms with van der Waals surface area (Å²) in [7, 11) is 0. The van der Waals surface area contributed by atoms with Gasteiger partial charge in [0.15, 0.2) is 5.11 Å². The molecule has 0 saturated carbocycles. The Hall–Kier alpha value is -0.390. The monoisotopic (exact) mass is 273 g/mol. The quantitative estimate of drug-likeness (QED) is 0.582. The van der Waals surface area contributed by atoms with Gasteiger partial charge in [-0.3, -0.25) is 4.90 Å². The second kappa shape index (κ2) is 8.67. The average Bonchev–Trinajstić information content (AvgIpc) is 2.38. The van der Waals surface area contributed by atoms with Crippen molar-refractivity contribution < 1.29 is 4.74 Å². The first kappa shape index (κ1) is 15.7. The molecular weight excluding hydrogens is 246 g/mol. The van der Waals surface area contributed by atoms with Crippen LogP contribution in [0.1, 0.15) is 27.2 Å². The van der Waals surface area contributed by atoms with Gasteiger partial charge in [0.1, 0.15) is 0 Å². The lowest BCUT2D eigenvalue weighted by atomic mass is 10.2. The number of nitrogens with one attached hydrogen (secondary N) is 1. The molecule has 1 aliphatic rings. The molecule has 0 spiro atoms. The maximum absolute atomic E-state index is 5.44. The topological polar surface area (TPSA) is 27.7 Å². The zero-order valence-electron chi connectivity index (χ0n) is 11.9. The summed E-state index contributed by atoms with van der Waals surface area (Å²) in [4.78, 5) is 4.78. The van der Waals surface area contributed by atoms with Gasteiger partial charge in [0, 0.05) is 45.4 Å². The number of rotatable bonds is 6. The summed E-state index contributed by atoms with van der Waals surface area (Å²) < 4.78 is 5.30. The van der Waals surface area contributed by atoms with Crippen LogP contribution < -0.4 is 5.32 Å². The van der Waals surface area contributed by atoms with Gasteiger partial charge in [0.05, 0.1) is 0 Å². The van der Waals surface area contributed by atoms with E-state index in [0.717, 1.165) is 57.5 Å². The highest BCUT2D eigenvalue weighted by atomic mass is 32.1. The summed E-state index contributed by atoms with van der Waals surface area (Å²) in [6, 6.07) is 0.590. The molecule has 0 aromatic heterocycles. The van der Waals surface area contributed by atoms with Gasteiger partial charge in [-0.15, -0.1) is 0 Å². The van der Waals surface area contributed by atoms with Crippen LogP contribution in [0.3, 0.4) is 0 Å². The highest BCUT2D eigenvalue weighted by Gasteiger charge is 2.23. The van der Waals surface area contributed by atoms with E-state index in [1.54, 1.807) is 0 Å². The van der Waals surface area contributed by atoms with Crippen LogP contribution in [0.4, 0.5) is 0 Å². The van der Waals surface area contributed by atoms with Gasteiger partial charge in [0.2, 0.25) is 0 Å². The second-order valence-electron chi connectivity index (χ2n) is 4.71. The first-order valence-corrected chi connectivity index (χ1v) is 7.44. The molecule has 1 aliphatic heterocycles. The van der Waals surface area contributed by atoms with Crippen molar-refractivity contribution in [2.45, 2.75) is 33.2 Å². The summed E-state index contributed by atoms with van der Waals surface area (Å²) in [5, 5.41) is 4.22. The molecule has 1 N–H and O–H groups in total. The molecule has 0 radical (unpaired) electrons. The summed E-state index contributed by atoms with van der Waals surface area (Å²) in [6.07, 6.45) is 1.01. The van der Waals surface area contributed by atoms with E-state index in [4.69, 9.17) is 17.0 Å². The van der Waals surface area contributed by atoms with E-state index in [1.165, 1.54) is 0 Å². The highest BCUT2D eigenvalue weighted by Crippen LogP contribution is 2.08. The van der Waals surface area contributed by atoms with Crippen LogP contribution in [0.15, 0.2) is 0 Å². The number of nitrogens with zero attached hydrogens (tertiary/aromatic N) is 2. The van der Waals surface area contributed by atoms with Gasteiger partial charge in [-0.2, -0.15) is 0 Å². The zero-order valence-corrected chi connectivity index (χ0v) is 12.8. The Morgan fingerprint density at radius 2 is 2.17 bits per heavy atom. The molecule has 0 aromatic carbocycles. The Bertz CT molecular complexity index is 250. The fourth-order valence-electron chi connectivity index (χ4n) is 2.28. The average molecular weight is 273 g/mol. The Kier molecular flexibility index (Phi) is 7.54. The summed E-state index contributed by atoms with van der Waals surface area (Å²) in [5.41, 5.74) is 0. The minimum absolute atomic E-state index is 0.590. The zero-order chi connectivity index (χ0) is 13.4. The van der Waals surface area contributed by atoms with Gasteiger partial charge < -0.3 is 15.0 Å². The maximum Gasteiger partial charge on any atom is 0.169 e. The molecule has 4 nitrogen and oxygen atoms in total. The molecule has 0 aliphatic carbocycles. The molecule has 0 amide bonds. The molecule has 1 heterocycles. The van der Waals surface area contributed by atoms with Crippen LogP contribution in [0.5, 0.6) is 0 Å². The number of piperazine rings is 1. The fourth-order valence-corrected chi connectivity index (χ4v) is 2.54. The van der Waals surface area contributed by atoms with E-state index in [2.05, 4.69) is 29.0 Å². The molecule has 106 valence electrons. The van der Waals surface area contributed by atoms with Crippen molar-refractivity contribution in [3.63, 3.8) is 0 Å². The normalized spacial score (nSPS) is 21.1. The van der Waals surface area contributed by atoms with Crippen LogP contribution in [-0.4, -0.2) is 66.9 Å². The lowest BCUT2D eigenvalue weighted by Gasteiger charge is -2.40. The highest BCUT2D eigenvalue weighted by molar-refractivity contribution is 7.80. The predicted octanol–water partition coefficient (Wildman–Crippen LogP) is 1.31. The van der Waals surface area contributed by atoms with Gasteiger partial charge in [-0.25, -0.2) is 0 Å². The van der Waals surface area contributed by atoms with Gasteiger partial charge >= 0.3 is 0 Å². The standard InChI is InChI=1S/C13H27N3OS/c1-4-15-8-9-16(11-12(15)3)13(18)14-7-6-10-17-5-2/h12H,4-11H2,1-3H3,(H,14,18). The molecule has 18 heavy (non-hydrogen) atoms. The predicted molar refractivity (Wildman–Crippen MR) is 80.0 cm³/mol. The molecule has 0 bridgehead atoms. The fraction of sp³-hybridized carbons (Fsp3) is 0.923. The van der Waals surface area contributed by atoms with Crippen molar-refractivity contribution in [1.82, 2.24) is 15.1 Å². The number of thiocarbonyl (C=S) groups is 1. The second-order valence-corrected chi connectivity index (χ2v) is 5.09. The van der Waals surface area contributed by atoms with E-state index in [0.29, 0.717) is 6.04 Å². The van der Waals surface area contributed by atoms with Crippen molar-refractivity contribution in [1.29, 1.82) is 0 Å². The van der Waals surface area contributed by atoms with E-state index >= 15 is 0 Å². The van der Waals surface area contributed by atoms with Gasteiger partial charge in [0.25, 0.3) is 0 Å². The van der Waals surface area contributed by atoms with E-state index in [1.807, 2.05) is 6.92 Å². The van der Waals surface area contributed by atoms with Gasteiger partial charge in [-0.05, 0) is 39.0 Å². The Morgan fingerprint density at radius 3 is 2.78 bits per heavy atom. The smallest absolute Gasteiger partial charge is 0.169 e. The van der Waals surface area contributed by atoms with Crippen molar-refractivity contribution in [3.05, 3.63) is 0 Å². The number of ether oxygens (including phenoxy) is 1. The first-order chi connectivity index (χ1) is 8.69. The van der Waals surface area contributed by atoms with Crippen LogP contribution in [0, 0.1) is 0 Å².